The van der Waals surface area contributed by atoms with Gasteiger partial charge in [-0.2, -0.15) is 0 Å². The summed E-state index contributed by atoms with van der Waals surface area (Å²) in [5.41, 5.74) is 0.0833. The molecule has 0 saturated heterocycles. The molecule has 0 atom stereocenters. The zero-order valence-corrected chi connectivity index (χ0v) is 12.0. The molecule has 4 nitrogen and oxygen atoms in total. The SMILES string of the molecule is Cc1occc1C(=O)NCC1(O)CCC(C)(C)CC1. The molecule has 1 fully saturated rings. The van der Waals surface area contributed by atoms with E-state index in [1.165, 1.54) is 6.26 Å². The highest BCUT2D eigenvalue weighted by Crippen LogP contribution is 2.39. The highest BCUT2D eigenvalue weighted by Gasteiger charge is 2.36. The lowest BCUT2D eigenvalue weighted by Gasteiger charge is -2.40. The molecule has 2 rings (SSSR count). The molecule has 4 heteroatoms. The predicted molar refractivity (Wildman–Crippen MR) is 73.0 cm³/mol. The van der Waals surface area contributed by atoms with Gasteiger partial charge >= 0.3 is 0 Å². The minimum atomic E-state index is -0.761. The highest BCUT2D eigenvalue weighted by atomic mass is 16.3. The number of nitrogens with one attached hydrogen (secondary N) is 1. The Kier molecular flexibility index (Phi) is 3.72. The van der Waals surface area contributed by atoms with Crippen LogP contribution < -0.4 is 5.32 Å². The van der Waals surface area contributed by atoms with Crippen molar-refractivity contribution in [3.05, 3.63) is 23.7 Å². The zero-order chi connectivity index (χ0) is 14.1. The van der Waals surface area contributed by atoms with Crippen molar-refractivity contribution in [1.29, 1.82) is 0 Å². The number of aryl methyl sites for hydroxylation is 1. The molecule has 0 bridgehead atoms. The normalized spacial score (nSPS) is 21.1. The van der Waals surface area contributed by atoms with Gasteiger partial charge in [-0.15, -0.1) is 0 Å². The number of amides is 1. The van der Waals surface area contributed by atoms with Crippen LogP contribution in [-0.4, -0.2) is 23.2 Å². The molecule has 0 spiro atoms. The Balaban J connectivity index is 1.89. The zero-order valence-electron chi connectivity index (χ0n) is 12.0. The number of rotatable bonds is 3. The number of aliphatic hydroxyl groups is 1. The van der Waals surface area contributed by atoms with E-state index in [4.69, 9.17) is 4.42 Å². The molecule has 0 aromatic carbocycles. The lowest BCUT2D eigenvalue weighted by molar-refractivity contribution is -0.0233. The molecule has 1 amide bonds. The summed E-state index contributed by atoms with van der Waals surface area (Å²) < 4.78 is 5.11. The third-order valence-electron chi connectivity index (χ3n) is 4.22. The van der Waals surface area contributed by atoms with Crippen molar-refractivity contribution in [2.45, 2.75) is 52.1 Å². The summed E-state index contributed by atoms with van der Waals surface area (Å²) in [5.74, 6) is 0.429. The average Bonchev–Trinajstić information content (AvgIpc) is 2.77. The second-order valence-corrected chi connectivity index (χ2v) is 6.46. The van der Waals surface area contributed by atoms with Crippen molar-refractivity contribution in [3.8, 4) is 0 Å². The van der Waals surface area contributed by atoms with E-state index in [1.807, 2.05) is 0 Å². The van der Waals surface area contributed by atoms with Gasteiger partial charge in [-0.1, -0.05) is 13.8 Å². The van der Waals surface area contributed by atoms with Gasteiger partial charge in [0.05, 0.1) is 17.4 Å². The summed E-state index contributed by atoms with van der Waals surface area (Å²) >= 11 is 0. The molecule has 0 aliphatic heterocycles. The van der Waals surface area contributed by atoms with Gasteiger partial charge in [0, 0.05) is 6.54 Å². The van der Waals surface area contributed by atoms with Gasteiger partial charge in [0.15, 0.2) is 0 Å². The minimum Gasteiger partial charge on any atom is -0.469 e. The van der Waals surface area contributed by atoms with E-state index in [1.54, 1.807) is 13.0 Å². The van der Waals surface area contributed by atoms with E-state index in [2.05, 4.69) is 19.2 Å². The number of hydrogen-bond donors (Lipinski definition) is 2. The van der Waals surface area contributed by atoms with Crippen molar-refractivity contribution in [2.24, 2.45) is 5.41 Å². The molecule has 1 aliphatic rings. The largest absolute Gasteiger partial charge is 0.469 e. The van der Waals surface area contributed by atoms with E-state index >= 15 is 0 Å². The average molecular weight is 265 g/mol. The van der Waals surface area contributed by atoms with Crippen LogP contribution in [0.4, 0.5) is 0 Å². The molecule has 0 unspecified atom stereocenters. The van der Waals surface area contributed by atoms with Gasteiger partial charge in [-0.05, 0) is 44.1 Å². The Labute approximate surface area is 114 Å². The Morgan fingerprint density at radius 1 is 1.37 bits per heavy atom. The summed E-state index contributed by atoms with van der Waals surface area (Å²) in [5, 5.41) is 13.3. The molecular formula is C15H23NO3. The second-order valence-electron chi connectivity index (χ2n) is 6.46. The van der Waals surface area contributed by atoms with Crippen LogP contribution in [0.1, 0.15) is 55.6 Å². The number of carbonyl (C=O) groups excluding carboxylic acids is 1. The predicted octanol–water partition coefficient (Wildman–Crippen LogP) is 2.65. The van der Waals surface area contributed by atoms with Crippen molar-refractivity contribution in [1.82, 2.24) is 5.32 Å². The maximum atomic E-state index is 12.0. The second kappa shape index (κ2) is 5.00. The summed E-state index contributed by atoms with van der Waals surface area (Å²) in [6.45, 7) is 6.51. The monoisotopic (exact) mass is 265 g/mol. The molecule has 1 aromatic rings. The highest BCUT2D eigenvalue weighted by molar-refractivity contribution is 5.95. The van der Waals surface area contributed by atoms with E-state index in [0.717, 1.165) is 25.7 Å². The van der Waals surface area contributed by atoms with Crippen LogP contribution >= 0.6 is 0 Å². The minimum absolute atomic E-state index is 0.176. The van der Waals surface area contributed by atoms with Crippen LogP contribution in [0.15, 0.2) is 16.7 Å². The lowest BCUT2D eigenvalue weighted by Crippen LogP contribution is -2.46. The Hall–Kier alpha value is -1.29. The molecule has 1 aliphatic carbocycles. The van der Waals surface area contributed by atoms with Crippen LogP contribution in [0.2, 0.25) is 0 Å². The summed E-state index contributed by atoms with van der Waals surface area (Å²) in [6.07, 6.45) is 4.96. The van der Waals surface area contributed by atoms with Crippen molar-refractivity contribution >= 4 is 5.91 Å². The Bertz CT molecular complexity index is 452. The fourth-order valence-electron chi connectivity index (χ4n) is 2.53. The first-order chi connectivity index (χ1) is 8.81. The smallest absolute Gasteiger partial charge is 0.254 e. The van der Waals surface area contributed by atoms with E-state index in [-0.39, 0.29) is 5.91 Å². The topological polar surface area (TPSA) is 62.5 Å². The quantitative estimate of drug-likeness (QED) is 0.883. The molecular weight excluding hydrogens is 242 g/mol. The number of carbonyl (C=O) groups is 1. The summed E-state index contributed by atoms with van der Waals surface area (Å²) in [7, 11) is 0. The molecule has 2 N–H and O–H groups in total. The van der Waals surface area contributed by atoms with Crippen molar-refractivity contribution < 1.29 is 14.3 Å². The van der Waals surface area contributed by atoms with Gasteiger partial charge in [-0.25, -0.2) is 0 Å². The van der Waals surface area contributed by atoms with Gasteiger partial charge < -0.3 is 14.8 Å². The molecule has 1 saturated carbocycles. The van der Waals surface area contributed by atoms with Crippen LogP contribution in [0, 0.1) is 12.3 Å². The fourth-order valence-corrected chi connectivity index (χ4v) is 2.53. The maximum Gasteiger partial charge on any atom is 0.254 e. The van der Waals surface area contributed by atoms with Gasteiger partial charge in [0.2, 0.25) is 0 Å². The maximum absolute atomic E-state index is 12.0. The van der Waals surface area contributed by atoms with Crippen LogP contribution in [0.5, 0.6) is 0 Å². The van der Waals surface area contributed by atoms with Crippen LogP contribution in [0.25, 0.3) is 0 Å². The molecule has 1 aromatic heterocycles. The first-order valence-corrected chi connectivity index (χ1v) is 6.86. The Morgan fingerprint density at radius 2 is 2.00 bits per heavy atom. The van der Waals surface area contributed by atoms with Gasteiger partial charge in [0.1, 0.15) is 5.76 Å². The lowest BCUT2D eigenvalue weighted by atomic mass is 9.71. The summed E-state index contributed by atoms with van der Waals surface area (Å²) in [6, 6.07) is 1.65. The summed E-state index contributed by atoms with van der Waals surface area (Å²) in [4.78, 5) is 12.0. The van der Waals surface area contributed by atoms with Crippen molar-refractivity contribution in [3.63, 3.8) is 0 Å². The van der Waals surface area contributed by atoms with Gasteiger partial charge in [-0.3, -0.25) is 4.79 Å². The van der Waals surface area contributed by atoms with Gasteiger partial charge in [0.25, 0.3) is 5.91 Å². The number of furan rings is 1. The van der Waals surface area contributed by atoms with E-state index in [0.29, 0.717) is 23.3 Å². The molecule has 19 heavy (non-hydrogen) atoms. The third kappa shape index (κ3) is 3.38. The number of hydrogen-bond acceptors (Lipinski definition) is 3. The fraction of sp³-hybridized carbons (Fsp3) is 0.667. The van der Waals surface area contributed by atoms with E-state index in [9.17, 15) is 9.90 Å². The van der Waals surface area contributed by atoms with Crippen LogP contribution in [0.3, 0.4) is 0 Å². The third-order valence-corrected chi connectivity index (χ3v) is 4.22. The van der Waals surface area contributed by atoms with Crippen LogP contribution in [-0.2, 0) is 0 Å². The molecule has 1 heterocycles. The first kappa shape index (κ1) is 14.1. The molecule has 106 valence electrons. The van der Waals surface area contributed by atoms with Crippen molar-refractivity contribution in [2.75, 3.05) is 6.54 Å². The van der Waals surface area contributed by atoms with E-state index < -0.39 is 5.60 Å². The first-order valence-electron chi connectivity index (χ1n) is 6.86. The molecule has 0 radical (unpaired) electrons. The Morgan fingerprint density at radius 3 is 2.53 bits per heavy atom. The standard InChI is InChI=1S/C15H23NO3/c1-11-12(4-9-19-11)13(17)16-10-15(18)7-5-14(2,3)6-8-15/h4,9,18H,5-8,10H2,1-3H3,(H,16,17).